The molecule has 0 bridgehead atoms. The number of hydrogen-bond acceptors (Lipinski definition) is 5. The molecule has 1 N–H and O–H groups in total. The Morgan fingerprint density at radius 2 is 1.15 bits per heavy atom. The smallest absolute Gasteiger partial charge is 0.324 e. The summed E-state index contributed by atoms with van der Waals surface area (Å²) < 4.78 is 0. The number of ketones is 4. The predicted molar refractivity (Wildman–Crippen MR) is 77.6 cm³/mol. The highest BCUT2D eigenvalue weighted by Crippen LogP contribution is 2.24. The molecule has 20 heavy (non-hydrogen) atoms. The van der Waals surface area contributed by atoms with E-state index in [9.17, 15) is 24.0 Å². The Kier molecular flexibility index (Phi) is 12.4. The molecule has 0 aliphatic heterocycles. The molecule has 0 unspecified atom stereocenters. The zero-order valence-corrected chi connectivity index (χ0v) is 11.9. The first-order valence-electron chi connectivity index (χ1n) is 5.76. The standard InChI is InChI=1S/C8H12O4.C5H8O2.Al.3H/c1-4-8(5(2)9,6(3)10)7(11)12;1-4(6)3-5(2)7;;;;/h4H2,1-3H3,(H,11,12);3H2,1-2H3;;;;. The maximum absolute atomic E-state index is 11.0. The lowest BCUT2D eigenvalue weighted by Crippen LogP contribution is -2.43. The van der Waals surface area contributed by atoms with E-state index in [1.165, 1.54) is 20.8 Å². The Hall–Kier alpha value is -1.32. The van der Waals surface area contributed by atoms with Gasteiger partial charge in [-0.2, -0.15) is 0 Å². The molecule has 0 aromatic rings. The van der Waals surface area contributed by atoms with Gasteiger partial charge in [-0.15, -0.1) is 0 Å². The first kappa shape index (κ1) is 23.8. The monoisotopic (exact) mass is 302 g/mol. The molecule has 0 spiro atoms. The van der Waals surface area contributed by atoms with Gasteiger partial charge in [0.15, 0.2) is 34.3 Å². The normalized spacial score (nSPS) is 9.45. The lowest BCUT2D eigenvalue weighted by atomic mass is 9.78. The van der Waals surface area contributed by atoms with Crippen molar-refractivity contribution in [3.05, 3.63) is 0 Å². The molecule has 0 rings (SSSR count). The zero-order valence-electron chi connectivity index (χ0n) is 11.9. The fraction of sp³-hybridized carbons (Fsp3) is 0.615. The molecule has 6 nitrogen and oxygen atoms in total. The van der Waals surface area contributed by atoms with Gasteiger partial charge >= 0.3 is 5.97 Å². The number of hydrogen-bond donors (Lipinski definition) is 1. The SMILES string of the molecule is CC(=O)CC(C)=O.CCC(C(C)=O)(C(C)=O)C(=O)O.[AlH3]. The minimum absolute atomic E-state index is 0. The van der Waals surface area contributed by atoms with Gasteiger partial charge in [0.2, 0.25) is 0 Å². The van der Waals surface area contributed by atoms with Crippen molar-refractivity contribution in [3.8, 4) is 0 Å². The number of carboxylic acid groups (broad SMARTS) is 1. The van der Waals surface area contributed by atoms with Crippen LogP contribution in [0.4, 0.5) is 0 Å². The molecular weight excluding hydrogens is 279 g/mol. The molecule has 7 heteroatoms. The van der Waals surface area contributed by atoms with E-state index >= 15 is 0 Å². The molecule has 0 atom stereocenters. The summed E-state index contributed by atoms with van der Waals surface area (Å²) in [4.78, 5) is 52.7. The zero-order chi connectivity index (χ0) is 15.8. The number of carbonyl (C=O) groups is 5. The van der Waals surface area contributed by atoms with Crippen LogP contribution in [0.2, 0.25) is 0 Å². The summed E-state index contributed by atoms with van der Waals surface area (Å²) in [6.45, 7) is 6.57. The summed E-state index contributed by atoms with van der Waals surface area (Å²) in [7, 11) is 0. The van der Waals surface area contributed by atoms with Gasteiger partial charge < -0.3 is 5.11 Å². The fourth-order valence-electron chi connectivity index (χ4n) is 1.55. The van der Waals surface area contributed by atoms with E-state index < -0.39 is 23.0 Å². The van der Waals surface area contributed by atoms with E-state index in [1.807, 2.05) is 0 Å². The fourth-order valence-corrected chi connectivity index (χ4v) is 1.55. The molecule has 0 heterocycles. The molecule has 114 valence electrons. The number of carbonyl (C=O) groups excluding carboxylic acids is 4. The van der Waals surface area contributed by atoms with Crippen LogP contribution in [0.5, 0.6) is 0 Å². The van der Waals surface area contributed by atoms with Crippen molar-refractivity contribution < 1.29 is 29.1 Å². The highest BCUT2D eigenvalue weighted by atomic mass is 27.0. The molecule has 0 aliphatic rings. The Bertz CT molecular complexity index is 352. The second kappa shape index (κ2) is 10.5. The molecule has 0 aromatic heterocycles. The van der Waals surface area contributed by atoms with Gasteiger partial charge in [0.1, 0.15) is 11.6 Å². The molecule has 0 aliphatic carbocycles. The maximum Gasteiger partial charge on any atom is 0.324 e. The summed E-state index contributed by atoms with van der Waals surface area (Å²) in [6.07, 6.45) is 0.0903. The van der Waals surface area contributed by atoms with Crippen LogP contribution in [-0.4, -0.2) is 51.6 Å². The number of aliphatic carboxylic acids is 1. The van der Waals surface area contributed by atoms with Crippen LogP contribution in [-0.2, 0) is 24.0 Å². The van der Waals surface area contributed by atoms with Crippen LogP contribution >= 0.6 is 0 Å². The van der Waals surface area contributed by atoms with Crippen molar-refractivity contribution in [3.63, 3.8) is 0 Å². The highest BCUT2D eigenvalue weighted by molar-refractivity contribution is 6.20. The Labute approximate surface area is 129 Å². The van der Waals surface area contributed by atoms with Crippen molar-refractivity contribution in [2.24, 2.45) is 5.41 Å². The molecule has 0 saturated carbocycles. The summed E-state index contributed by atoms with van der Waals surface area (Å²) >= 11 is 0. The van der Waals surface area contributed by atoms with Crippen LogP contribution < -0.4 is 0 Å². The van der Waals surface area contributed by atoms with Gasteiger partial charge in [-0.05, 0) is 34.1 Å². The van der Waals surface area contributed by atoms with E-state index in [2.05, 4.69) is 0 Å². The summed E-state index contributed by atoms with van der Waals surface area (Å²) in [5, 5.41) is 8.72. The van der Waals surface area contributed by atoms with Crippen molar-refractivity contribution in [1.82, 2.24) is 0 Å². The summed E-state index contributed by atoms with van der Waals surface area (Å²) in [5.74, 6) is -2.69. The molecule has 0 fully saturated rings. The molecule has 0 radical (unpaired) electrons. The number of Topliss-reactive ketones (excluding diaryl/α,β-unsaturated/α-hetero) is 4. The van der Waals surface area contributed by atoms with E-state index in [-0.39, 0.29) is 41.8 Å². The van der Waals surface area contributed by atoms with Gasteiger partial charge in [0, 0.05) is 0 Å². The quantitative estimate of drug-likeness (QED) is 0.547. The van der Waals surface area contributed by atoms with Crippen molar-refractivity contribution in [2.75, 3.05) is 0 Å². The van der Waals surface area contributed by atoms with Crippen LogP contribution in [0, 0.1) is 5.41 Å². The predicted octanol–water partition coefficient (Wildman–Crippen LogP) is 0.0160. The average molecular weight is 302 g/mol. The van der Waals surface area contributed by atoms with E-state index in [1.54, 1.807) is 0 Å². The number of rotatable bonds is 6. The van der Waals surface area contributed by atoms with E-state index in [0.29, 0.717) is 0 Å². The second-order valence-electron chi connectivity index (χ2n) is 4.26. The minimum Gasteiger partial charge on any atom is -0.480 e. The lowest BCUT2D eigenvalue weighted by Gasteiger charge is -2.20. The summed E-state index contributed by atoms with van der Waals surface area (Å²) in [6, 6.07) is 0. The Morgan fingerprint density at radius 3 is 1.15 bits per heavy atom. The Morgan fingerprint density at radius 1 is 0.850 bits per heavy atom. The van der Waals surface area contributed by atoms with E-state index in [0.717, 1.165) is 13.8 Å². The largest absolute Gasteiger partial charge is 0.480 e. The van der Waals surface area contributed by atoms with Gasteiger partial charge in [-0.25, -0.2) is 0 Å². The van der Waals surface area contributed by atoms with Crippen LogP contribution in [0.3, 0.4) is 0 Å². The van der Waals surface area contributed by atoms with Crippen LogP contribution in [0.25, 0.3) is 0 Å². The lowest BCUT2D eigenvalue weighted by molar-refractivity contribution is -0.159. The van der Waals surface area contributed by atoms with E-state index in [4.69, 9.17) is 5.11 Å². The first-order chi connectivity index (χ1) is 8.52. The molecular formula is C13H23AlO6. The average Bonchev–Trinajstić information content (AvgIpc) is 2.15. The van der Waals surface area contributed by atoms with Gasteiger partial charge in [-0.1, -0.05) is 6.92 Å². The topological polar surface area (TPSA) is 106 Å². The molecule has 0 saturated heterocycles. The third-order valence-corrected chi connectivity index (χ3v) is 2.60. The van der Waals surface area contributed by atoms with Gasteiger partial charge in [0.25, 0.3) is 0 Å². The van der Waals surface area contributed by atoms with Crippen molar-refractivity contribution in [2.45, 2.75) is 47.5 Å². The maximum atomic E-state index is 11.0. The third kappa shape index (κ3) is 7.32. The molecule has 0 aromatic carbocycles. The van der Waals surface area contributed by atoms with Crippen LogP contribution in [0.15, 0.2) is 0 Å². The first-order valence-corrected chi connectivity index (χ1v) is 5.76. The van der Waals surface area contributed by atoms with Crippen molar-refractivity contribution >= 4 is 46.5 Å². The third-order valence-electron chi connectivity index (χ3n) is 2.60. The second-order valence-corrected chi connectivity index (χ2v) is 4.26. The summed E-state index contributed by atoms with van der Waals surface area (Å²) in [5.41, 5.74) is -1.82. The van der Waals surface area contributed by atoms with Gasteiger partial charge in [-0.3, -0.25) is 24.0 Å². The van der Waals surface area contributed by atoms with Crippen molar-refractivity contribution in [1.29, 1.82) is 0 Å². The minimum atomic E-state index is -1.82. The number of carboxylic acids is 1. The molecule has 0 amide bonds. The van der Waals surface area contributed by atoms with Crippen LogP contribution in [0.1, 0.15) is 47.5 Å². The van der Waals surface area contributed by atoms with Gasteiger partial charge in [0.05, 0.1) is 6.42 Å². The highest BCUT2D eigenvalue weighted by Gasteiger charge is 2.46. The Balaban J connectivity index is -0.000000312.